The third kappa shape index (κ3) is 6.29. The van der Waals surface area contributed by atoms with Crippen LogP contribution < -0.4 is 0 Å². The quantitative estimate of drug-likeness (QED) is 0.605. The van der Waals surface area contributed by atoms with Crippen LogP contribution in [-0.2, 0) is 4.74 Å². The van der Waals surface area contributed by atoms with E-state index in [1.165, 1.54) is 0 Å². The van der Waals surface area contributed by atoms with Gasteiger partial charge in [0.1, 0.15) is 0 Å². The van der Waals surface area contributed by atoms with Crippen LogP contribution in [0, 0.1) is 5.92 Å². The topological polar surface area (TPSA) is 9.23 Å². The summed E-state index contributed by atoms with van der Waals surface area (Å²) in [4.78, 5) is 0. The van der Waals surface area contributed by atoms with Gasteiger partial charge in [-0.1, -0.05) is 20.8 Å². The summed E-state index contributed by atoms with van der Waals surface area (Å²) in [5, 5.41) is 0.759. The molecule has 0 radical (unpaired) electrons. The van der Waals surface area contributed by atoms with Gasteiger partial charge in [-0.15, -0.1) is 0 Å². The molecule has 0 heterocycles. The monoisotopic (exact) mass is 174 g/mol. The first-order valence-electron chi connectivity index (χ1n) is 4.25. The molecule has 0 bridgehead atoms. The van der Waals surface area contributed by atoms with Crippen LogP contribution in [0.3, 0.4) is 0 Å². The maximum atomic E-state index is 5.44. The lowest BCUT2D eigenvalue weighted by molar-refractivity contribution is 0.201. The lowest BCUT2D eigenvalue weighted by Gasteiger charge is -2.14. The van der Waals surface area contributed by atoms with Crippen molar-refractivity contribution in [3.8, 4) is 0 Å². The smallest absolute Gasteiger partial charge is 0.160 e. The predicted octanol–water partition coefficient (Wildman–Crippen LogP) is 3.18. The molecule has 0 aromatic heterocycles. The second-order valence-corrected chi connectivity index (χ2v) is 3.76. The normalized spacial score (nSPS) is 13.2. The van der Waals surface area contributed by atoms with Crippen LogP contribution in [-0.4, -0.2) is 11.2 Å². The Bertz CT molecular complexity index is 121. The Labute approximate surface area is 75.1 Å². The predicted molar refractivity (Wildman–Crippen MR) is 52.9 cm³/mol. The molecule has 0 spiro atoms. The molecule has 2 heteroatoms. The molecule has 0 aliphatic rings. The molecule has 0 aromatic rings. The van der Waals surface area contributed by atoms with Gasteiger partial charge in [-0.3, -0.25) is 0 Å². The largest absolute Gasteiger partial charge is 0.484 e. The van der Waals surface area contributed by atoms with E-state index in [2.05, 4.69) is 20.8 Å². The molecule has 0 saturated heterocycles. The van der Waals surface area contributed by atoms with E-state index in [1.807, 2.05) is 6.92 Å². The van der Waals surface area contributed by atoms with Crippen molar-refractivity contribution in [2.24, 2.45) is 5.92 Å². The summed E-state index contributed by atoms with van der Waals surface area (Å²) < 4.78 is 5.44. The number of ether oxygens (including phenoxy) is 1. The summed E-state index contributed by atoms with van der Waals surface area (Å²) in [6, 6.07) is 0. The molecule has 1 nitrogen and oxygen atoms in total. The van der Waals surface area contributed by atoms with Gasteiger partial charge in [0, 0.05) is 6.42 Å². The van der Waals surface area contributed by atoms with Crippen molar-refractivity contribution in [1.29, 1.82) is 0 Å². The summed E-state index contributed by atoms with van der Waals surface area (Å²) in [5.74, 6) is 0.603. The Balaban J connectivity index is 3.52. The first-order valence-corrected chi connectivity index (χ1v) is 4.66. The van der Waals surface area contributed by atoms with E-state index in [0.717, 1.165) is 17.9 Å². The lowest BCUT2D eigenvalue weighted by Crippen LogP contribution is -2.13. The Morgan fingerprint density at radius 3 is 2.27 bits per heavy atom. The molecule has 1 unspecified atom stereocenters. The highest BCUT2D eigenvalue weighted by Gasteiger charge is 2.05. The van der Waals surface area contributed by atoms with Gasteiger partial charge in [0.25, 0.3) is 0 Å². The number of thiocarbonyl (C=S) groups is 1. The standard InChI is InChI=1S/C9H18OS/c1-5-8(4)10-9(11)6-7(2)3/h7-8H,5-6H2,1-4H3. The number of hydrogen-bond acceptors (Lipinski definition) is 2. The van der Waals surface area contributed by atoms with Gasteiger partial charge in [0.2, 0.25) is 0 Å². The summed E-state index contributed by atoms with van der Waals surface area (Å²) in [7, 11) is 0. The molecule has 0 rings (SSSR count). The van der Waals surface area contributed by atoms with Gasteiger partial charge in [-0.2, -0.15) is 0 Å². The summed E-state index contributed by atoms with van der Waals surface area (Å²) in [6.45, 7) is 8.44. The van der Waals surface area contributed by atoms with Crippen molar-refractivity contribution in [2.75, 3.05) is 0 Å². The molecule has 66 valence electrons. The second-order valence-electron chi connectivity index (χ2n) is 3.31. The average molecular weight is 174 g/mol. The molecule has 0 fully saturated rings. The van der Waals surface area contributed by atoms with E-state index >= 15 is 0 Å². The molecule has 0 aliphatic heterocycles. The van der Waals surface area contributed by atoms with Crippen LogP contribution in [0.15, 0.2) is 0 Å². The van der Waals surface area contributed by atoms with Crippen LogP contribution in [0.25, 0.3) is 0 Å². The zero-order valence-corrected chi connectivity index (χ0v) is 8.70. The minimum Gasteiger partial charge on any atom is -0.484 e. The molecule has 0 saturated carbocycles. The van der Waals surface area contributed by atoms with Gasteiger partial charge >= 0.3 is 0 Å². The van der Waals surface area contributed by atoms with Crippen molar-refractivity contribution in [3.05, 3.63) is 0 Å². The third-order valence-corrected chi connectivity index (χ3v) is 1.75. The average Bonchev–Trinajstić information content (AvgIpc) is 1.85. The highest BCUT2D eigenvalue weighted by Crippen LogP contribution is 2.06. The molecular weight excluding hydrogens is 156 g/mol. The SMILES string of the molecule is CCC(C)OC(=S)CC(C)C. The van der Waals surface area contributed by atoms with Crippen molar-refractivity contribution < 1.29 is 4.74 Å². The van der Waals surface area contributed by atoms with Crippen LogP contribution in [0.2, 0.25) is 0 Å². The third-order valence-electron chi connectivity index (χ3n) is 1.48. The Morgan fingerprint density at radius 1 is 1.36 bits per heavy atom. The fraction of sp³-hybridized carbons (Fsp3) is 0.889. The van der Waals surface area contributed by atoms with Crippen LogP contribution in [0.1, 0.15) is 40.5 Å². The van der Waals surface area contributed by atoms with Crippen molar-refractivity contribution >= 4 is 17.3 Å². The minimum atomic E-state index is 0.279. The Hall–Kier alpha value is -0.110. The van der Waals surface area contributed by atoms with E-state index in [4.69, 9.17) is 17.0 Å². The van der Waals surface area contributed by atoms with Crippen LogP contribution >= 0.6 is 12.2 Å². The highest BCUT2D eigenvalue weighted by molar-refractivity contribution is 7.80. The van der Waals surface area contributed by atoms with Crippen molar-refractivity contribution in [2.45, 2.75) is 46.6 Å². The zero-order chi connectivity index (χ0) is 8.85. The van der Waals surface area contributed by atoms with Gasteiger partial charge < -0.3 is 4.74 Å². The molecular formula is C9H18OS. The van der Waals surface area contributed by atoms with Crippen LogP contribution in [0.4, 0.5) is 0 Å². The Kier molecular flexibility index (Phi) is 5.47. The van der Waals surface area contributed by atoms with E-state index in [-0.39, 0.29) is 6.10 Å². The van der Waals surface area contributed by atoms with E-state index < -0.39 is 0 Å². The first-order chi connectivity index (χ1) is 5.06. The molecule has 1 atom stereocenters. The number of rotatable bonds is 4. The van der Waals surface area contributed by atoms with Gasteiger partial charge in [-0.05, 0) is 31.5 Å². The van der Waals surface area contributed by atoms with Crippen molar-refractivity contribution in [3.63, 3.8) is 0 Å². The second kappa shape index (κ2) is 5.53. The van der Waals surface area contributed by atoms with Crippen molar-refractivity contribution in [1.82, 2.24) is 0 Å². The minimum absolute atomic E-state index is 0.279. The van der Waals surface area contributed by atoms with E-state index in [1.54, 1.807) is 0 Å². The fourth-order valence-electron chi connectivity index (χ4n) is 0.689. The lowest BCUT2D eigenvalue weighted by atomic mass is 10.1. The maximum Gasteiger partial charge on any atom is 0.160 e. The summed E-state index contributed by atoms with van der Waals surface area (Å²) in [5.41, 5.74) is 0. The first kappa shape index (κ1) is 10.9. The summed E-state index contributed by atoms with van der Waals surface area (Å²) in [6.07, 6.45) is 2.21. The van der Waals surface area contributed by atoms with E-state index in [9.17, 15) is 0 Å². The molecule has 0 amide bonds. The van der Waals surface area contributed by atoms with Gasteiger partial charge in [0.15, 0.2) is 5.05 Å². The Morgan fingerprint density at radius 2 is 1.91 bits per heavy atom. The zero-order valence-electron chi connectivity index (χ0n) is 7.89. The van der Waals surface area contributed by atoms with Gasteiger partial charge in [0.05, 0.1) is 6.10 Å². The summed E-state index contributed by atoms with van der Waals surface area (Å²) >= 11 is 5.05. The molecule has 11 heavy (non-hydrogen) atoms. The maximum absolute atomic E-state index is 5.44. The van der Waals surface area contributed by atoms with E-state index in [0.29, 0.717) is 5.92 Å². The highest BCUT2D eigenvalue weighted by atomic mass is 32.1. The van der Waals surface area contributed by atoms with Gasteiger partial charge in [-0.25, -0.2) is 0 Å². The molecule has 0 N–H and O–H groups in total. The number of hydrogen-bond donors (Lipinski definition) is 0. The van der Waals surface area contributed by atoms with Crippen LogP contribution in [0.5, 0.6) is 0 Å². The fourth-order valence-corrected chi connectivity index (χ4v) is 1.19. The molecule has 0 aromatic carbocycles. The molecule has 0 aliphatic carbocycles.